The summed E-state index contributed by atoms with van der Waals surface area (Å²) < 4.78 is 6.75. The number of thiophene rings is 1. The molecule has 0 aliphatic carbocycles. The molecule has 22 heavy (non-hydrogen) atoms. The van der Waals surface area contributed by atoms with Gasteiger partial charge in [0, 0.05) is 30.7 Å². The first-order valence-corrected chi connectivity index (χ1v) is 7.56. The molecule has 0 unspecified atom stereocenters. The Morgan fingerprint density at radius 2 is 2.05 bits per heavy atom. The first-order valence-electron chi connectivity index (χ1n) is 6.68. The van der Waals surface area contributed by atoms with E-state index in [0.717, 1.165) is 16.6 Å². The fourth-order valence-electron chi connectivity index (χ4n) is 2.07. The topological polar surface area (TPSA) is 76.7 Å². The molecule has 0 atom stereocenters. The van der Waals surface area contributed by atoms with Crippen LogP contribution in [0, 0.1) is 0 Å². The van der Waals surface area contributed by atoms with E-state index < -0.39 is 0 Å². The highest BCUT2D eigenvalue weighted by molar-refractivity contribution is 7.17. The van der Waals surface area contributed by atoms with Crippen molar-refractivity contribution in [3.8, 4) is 11.5 Å². The Balaban J connectivity index is 1.48. The molecule has 0 fully saturated rings. The van der Waals surface area contributed by atoms with E-state index in [1.807, 2.05) is 29.8 Å². The largest absolute Gasteiger partial charge is 0.403 e. The average molecular weight is 309 g/mol. The predicted molar refractivity (Wildman–Crippen MR) is 84.5 cm³/mol. The number of anilines is 1. The number of rotatable bonds is 4. The zero-order chi connectivity index (χ0) is 14.8. The number of aromatic nitrogens is 4. The average Bonchev–Trinajstić information content (AvgIpc) is 3.22. The summed E-state index contributed by atoms with van der Waals surface area (Å²) in [6, 6.07) is 8.16. The summed E-state index contributed by atoms with van der Waals surface area (Å²) in [6.45, 7) is 0.582. The van der Waals surface area contributed by atoms with E-state index in [9.17, 15) is 0 Å². The summed E-state index contributed by atoms with van der Waals surface area (Å²) in [5, 5.41) is 13.2. The quantitative estimate of drug-likeness (QED) is 0.623. The van der Waals surface area contributed by atoms with Gasteiger partial charge in [0.05, 0.1) is 10.2 Å². The number of hydrogen-bond acceptors (Lipinski definition) is 7. The van der Waals surface area contributed by atoms with E-state index in [4.69, 9.17) is 4.42 Å². The zero-order valence-corrected chi connectivity index (χ0v) is 12.2. The molecule has 7 heteroatoms. The Morgan fingerprint density at radius 3 is 2.95 bits per heavy atom. The van der Waals surface area contributed by atoms with Crippen molar-refractivity contribution in [2.24, 2.45) is 0 Å². The van der Waals surface area contributed by atoms with Crippen molar-refractivity contribution in [3.63, 3.8) is 0 Å². The van der Waals surface area contributed by atoms with Crippen LogP contribution >= 0.6 is 11.3 Å². The first-order chi connectivity index (χ1) is 10.9. The number of hydrogen-bond donors (Lipinski definition) is 1. The molecule has 1 N–H and O–H groups in total. The van der Waals surface area contributed by atoms with Crippen LogP contribution in [0.2, 0.25) is 0 Å². The van der Waals surface area contributed by atoms with Crippen LogP contribution in [0.4, 0.5) is 6.01 Å². The lowest BCUT2D eigenvalue weighted by Crippen LogP contribution is -1.99. The Bertz CT molecular complexity index is 902. The Kier molecular flexibility index (Phi) is 3.24. The maximum atomic E-state index is 5.58. The van der Waals surface area contributed by atoms with Crippen molar-refractivity contribution >= 4 is 27.6 Å². The van der Waals surface area contributed by atoms with Crippen LogP contribution < -0.4 is 5.32 Å². The van der Waals surface area contributed by atoms with Crippen molar-refractivity contribution in [1.82, 2.24) is 20.2 Å². The Labute approximate surface area is 129 Å². The second-order valence-corrected chi connectivity index (χ2v) is 5.60. The van der Waals surface area contributed by atoms with Crippen molar-refractivity contribution in [2.45, 2.75) is 6.54 Å². The maximum absolute atomic E-state index is 5.58. The van der Waals surface area contributed by atoms with Crippen molar-refractivity contribution in [2.75, 3.05) is 5.32 Å². The summed E-state index contributed by atoms with van der Waals surface area (Å²) in [4.78, 5) is 8.37. The number of fused-ring (bicyclic) bond motifs is 1. The summed E-state index contributed by atoms with van der Waals surface area (Å²) in [5.74, 6) is 0.469. The normalized spacial score (nSPS) is 10.9. The van der Waals surface area contributed by atoms with Crippen molar-refractivity contribution in [1.29, 1.82) is 0 Å². The van der Waals surface area contributed by atoms with Gasteiger partial charge in [0.1, 0.15) is 0 Å². The molecular weight excluding hydrogens is 298 g/mol. The van der Waals surface area contributed by atoms with Crippen LogP contribution in [0.3, 0.4) is 0 Å². The summed E-state index contributed by atoms with van der Waals surface area (Å²) in [5.41, 5.74) is 2.93. The fourth-order valence-corrected chi connectivity index (χ4v) is 2.87. The molecule has 0 radical (unpaired) electrons. The highest BCUT2D eigenvalue weighted by atomic mass is 32.1. The zero-order valence-electron chi connectivity index (χ0n) is 11.4. The Hall–Kier alpha value is -2.80. The molecule has 4 aromatic heterocycles. The van der Waals surface area contributed by atoms with Gasteiger partial charge in [-0.05, 0) is 35.2 Å². The molecule has 108 valence electrons. The third kappa shape index (κ3) is 2.53. The van der Waals surface area contributed by atoms with E-state index >= 15 is 0 Å². The molecule has 0 aromatic carbocycles. The molecule has 0 spiro atoms. The molecule has 0 bridgehead atoms. The van der Waals surface area contributed by atoms with Gasteiger partial charge in [0.2, 0.25) is 5.89 Å². The van der Waals surface area contributed by atoms with E-state index in [1.165, 1.54) is 4.70 Å². The summed E-state index contributed by atoms with van der Waals surface area (Å²) >= 11 is 1.68. The molecule has 6 nitrogen and oxygen atoms in total. The number of pyridine rings is 2. The second kappa shape index (κ2) is 5.53. The summed E-state index contributed by atoms with van der Waals surface area (Å²) in [6.07, 6.45) is 5.23. The van der Waals surface area contributed by atoms with Gasteiger partial charge >= 0.3 is 6.01 Å². The van der Waals surface area contributed by atoms with Crippen LogP contribution in [0.5, 0.6) is 0 Å². The molecule has 4 rings (SSSR count). The van der Waals surface area contributed by atoms with Gasteiger partial charge in [-0.15, -0.1) is 16.4 Å². The van der Waals surface area contributed by atoms with E-state index in [-0.39, 0.29) is 0 Å². The fraction of sp³-hybridized carbons (Fsp3) is 0.0667. The lowest BCUT2D eigenvalue weighted by molar-refractivity contribution is 0.580. The lowest BCUT2D eigenvalue weighted by atomic mass is 10.2. The molecule has 4 aromatic rings. The van der Waals surface area contributed by atoms with Gasteiger partial charge in [-0.2, -0.15) is 0 Å². The third-order valence-corrected chi connectivity index (χ3v) is 4.01. The minimum Gasteiger partial charge on any atom is -0.403 e. The molecule has 4 heterocycles. The molecule has 0 aliphatic heterocycles. The van der Waals surface area contributed by atoms with Gasteiger partial charge in [-0.25, -0.2) is 0 Å². The van der Waals surface area contributed by atoms with E-state index in [2.05, 4.69) is 31.5 Å². The minimum atomic E-state index is 0.387. The second-order valence-electron chi connectivity index (χ2n) is 4.65. The van der Waals surface area contributed by atoms with Crippen molar-refractivity contribution < 1.29 is 4.42 Å². The van der Waals surface area contributed by atoms with Gasteiger partial charge in [0.15, 0.2) is 0 Å². The first kappa shape index (κ1) is 12.9. The third-order valence-electron chi connectivity index (χ3n) is 3.16. The van der Waals surface area contributed by atoms with Crippen LogP contribution in [-0.4, -0.2) is 20.2 Å². The van der Waals surface area contributed by atoms with E-state index in [0.29, 0.717) is 18.5 Å². The molecule has 0 aliphatic rings. The molecule has 0 amide bonds. The van der Waals surface area contributed by atoms with Crippen LogP contribution in [0.1, 0.15) is 5.56 Å². The van der Waals surface area contributed by atoms with Crippen LogP contribution in [0.15, 0.2) is 52.7 Å². The van der Waals surface area contributed by atoms with Crippen LogP contribution in [0.25, 0.3) is 21.7 Å². The predicted octanol–water partition coefficient (Wildman–Crippen LogP) is 3.35. The molecular formula is C15H11N5OS. The highest BCUT2D eigenvalue weighted by Gasteiger charge is 2.08. The van der Waals surface area contributed by atoms with Crippen LogP contribution in [-0.2, 0) is 6.54 Å². The van der Waals surface area contributed by atoms with Gasteiger partial charge in [0.25, 0.3) is 0 Å². The van der Waals surface area contributed by atoms with Gasteiger partial charge in [-0.3, -0.25) is 9.97 Å². The number of nitrogens with zero attached hydrogens (tertiary/aromatic N) is 4. The van der Waals surface area contributed by atoms with E-state index in [1.54, 1.807) is 23.7 Å². The molecule has 0 saturated heterocycles. The smallest absolute Gasteiger partial charge is 0.316 e. The lowest BCUT2D eigenvalue weighted by Gasteiger charge is -2.01. The molecule has 0 saturated carbocycles. The monoisotopic (exact) mass is 309 g/mol. The highest BCUT2D eigenvalue weighted by Crippen LogP contribution is 2.21. The maximum Gasteiger partial charge on any atom is 0.316 e. The van der Waals surface area contributed by atoms with Gasteiger partial charge in [-0.1, -0.05) is 5.10 Å². The SMILES string of the molecule is c1cc(-c2nnc(NCc3cnc4ccsc4c3)o2)ccn1. The standard InChI is InChI=1S/C15H11N5OS/c1-4-16-5-2-11(1)14-19-20-15(21-14)18-9-10-7-13-12(17-8-10)3-6-22-13/h1-8H,9H2,(H,18,20). The number of nitrogens with one attached hydrogen (secondary N) is 1. The minimum absolute atomic E-state index is 0.387. The summed E-state index contributed by atoms with van der Waals surface area (Å²) in [7, 11) is 0. The van der Waals surface area contributed by atoms with Crippen molar-refractivity contribution in [3.05, 3.63) is 53.8 Å². The Morgan fingerprint density at radius 1 is 1.14 bits per heavy atom. The van der Waals surface area contributed by atoms with Gasteiger partial charge < -0.3 is 9.73 Å².